The van der Waals surface area contributed by atoms with Crippen LogP contribution in [0, 0.1) is 0 Å². The average Bonchev–Trinajstić information content (AvgIpc) is 2.21. The van der Waals surface area contributed by atoms with Crippen molar-refractivity contribution in [2.75, 3.05) is 12.5 Å². The molecule has 14 heavy (non-hydrogen) atoms. The van der Waals surface area contributed by atoms with Crippen LogP contribution >= 0.6 is 11.6 Å². The zero-order valence-corrected chi connectivity index (χ0v) is 8.56. The Morgan fingerprint density at radius 1 is 1.14 bits per heavy atom. The first-order chi connectivity index (χ1) is 6.72. The molecule has 0 saturated heterocycles. The van der Waals surface area contributed by atoms with Crippen molar-refractivity contribution in [2.24, 2.45) is 0 Å². The van der Waals surface area contributed by atoms with Crippen LogP contribution in [0.4, 0.5) is 0 Å². The zero-order valence-electron chi connectivity index (χ0n) is 7.81. The summed E-state index contributed by atoms with van der Waals surface area (Å²) >= 11 is 5.14. The fourth-order valence-corrected chi connectivity index (χ4v) is 0.804. The number of aliphatic hydroxyl groups excluding tert-OH is 1. The van der Waals surface area contributed by atoms with Crippen molar-refractivity contribution in [1.82, 2.24) is 0 Å². The van der Waals surface area contributed by atoms with Gasteiger partial charge in [0.15, 0.2) is 0 Å². The molecule has 0 fully saturated rings. The first-order valence-electron chi connectivity index (χ1n) is 4.30. The van der Waals surface area contributed by atoms with E-state index in [1.54, 1.807) is 24.3 Å². The van der Waals surface area contributed by atoms with Crippen LogP contribution in [0.3, 0.4) is 0 Å². The van der Waals surface area contributed by atoms with Crippen molar-refractivity contribution >= 4 is 24.2 Å². The third kappa shape index (κ3) is 6.92. The SMILES string of the molecule is OB(O)c1ccccc1.OCCCCl. The Kier molecular flexibility index (Phi) is 8.68. The molecule has 0 aromatic heterocycles. The van der Waals surface area contributed by atoms with E-state index >= 15 is 0 Å². The topological polar surface area (TPSA) is 60.7 Å². The van der Waals surface area contributed by atoms with E-state index in [0.29, 0.717) is 17.8 Å². The van der Waals surface area contributed by atoms with Crippen molar-refractivity contribution in [3.63, 3.8) is 0 Å². The standard InChI is InChI=1S/C6H7BO2.C3H7ClO/c8-7(9)6-4-2-1-3-5-6;4-2-1-3-5/h1-5,8-9H;5H,1-3H2. The van der Waals surface area contributed by atoms with Crippen molar-refractivity contribution in [1.29, 1.82) is 0 Å². The van der Waals surface area contributed by atoms with E-state index in [-0.39, 0.29) is 6.61 Å². The lowest BCUT2D eigenvalue weighted by molar-refractivity contribution is 0.296. The van der Waals surface area contributed by atoms with E-state index in [2.05, 4.69) is 0 Å². The Morgan fingerprint density at radius 2 is 1.71 bits per heavy atom. The van der Waals surface area contributed by atoms with Crippen molar-refractivity contribution in [3.8, 4) is 0 Å². The molecule has 1 aromatic rings. The lowest BCUT2D eigenvalue weighted by Crippen LogP contribution is -2.29. The monoisotopic (exact) mass is 216 g/mol. The van der Waals surface area contributed by atoms with Gasteiger partial charge < -0.3 is 15.2 Å². The second-order valence-corrected chi connectivity index (χ2v) is 2.93. The minimum atomic E-state index is -1.34. The van der Waals surface area contributed by atoms with Crippen LogP contribution in [0.5, 0.6) is 0 Å². The third-order valence-electron chi connectivity index (χ3n) is 1.39. The highest BCUT2D eigenvalue weighted by atomic mass is 35.5. The molecule has 78 valence electrons. The summed E-state index contributed by atoms with van der Waals surface area (Å²) in [5.41, 5.74) is 0.525. The molecule has 3 nitrogen and oxygen atoms in total. The molecule has 0 atom stereocenters. The Hall–Kier alpha value is -0.545. The molecule has 3 N–H and O–H groups in total. The van der Waals surface area contributed by atoms with Gasteiger partial charge in [-0.25, -0.2) is 0 Å². The maximum atomic E-state index is 8.58. The van der Waals surface area contributed by atoms with Gasteiger partial charge in [0.2, 0.25) is 0 Å². The number of hydrogen-bond donors (Lipinski definition) is 3. The van der Waals surface area contributed by atoms with Gasteiger partial charge in [-0.15, -0.1) is 11.6 Å². The van der Waals surface area contributed by atoms with Crippen molar-refractivity contribution in [3.05, 3.63) is 30.3 Å². The van der Waals surface area contributed by atoms with E-state index < -0.39 is 7.12 Å². The number of hydrogen-bond acceptors (Lipinski definition) is 3. The van der Waals surface area contributed by atoms with Crippen LogP contribution in [-0.2, 0) is 0 Å². The van der Waals surface area contributed by atoms with Crippen LogP contribution in [0.2, 0.25) is 0 Å². The molecule has 0 aliphatic heterocycles. The highest BCUT2D eigenvalue weighted by Gasteiger charge is 2.07. The predicted molar refractivity (Wildman–Crippen MR) is 58.7 cm³/mol. The smallest absolute Gasteiger partial charge is 0.423 e. The maximum absolute atomic E-state index is 8.58. The first kappa shape index (κ1) is 13.5. The second-order valence-electron chi connectivity index (χ2n) is 2.55. The molecule has 0 radical (unpaired) electrons. The number of benzene rings is 1. The molecule has 5 heteroatoms. The number of aliphatic hydroxyl groups is 1. The molecule has 0 unspecified atom stereocenters. The lowest BCUT2D eigenvalue weighted by atomic mass is 9.81. The Balaban J connectivity index is 0.000000292. The highest BCUT2D eigenvalue weighted by molar-refractivity contribution is 6.58. The van der Waals surface area contributed by atoms with E-state index in [4.69, 9.17) is 26.8 Å². The van der Waals surface area contributed by atoms with Gasteiger partial charge in [0.25, 0.3) is 0 Å². The second kappa shape index (κ2) is 9.03. The van der Waals surface area contributed by atoms with Crippen LogP contribution in [-0.4, -0.2) is 34.8 Å². The largest absolute Gasteiger partial charge is 0.488 e. The minimum Gasteiger partial charge on any atom is -0.423 e. The quantitative estimate of drug-likeness (QED) is 0.491. The van der Waals surface area contributed by atoms with E-state index in [1.807, 2.05) is 6.07 Å². The fourth-order valence-electron chi connectivity index (χ4n) is 0.685. The first-order valence-corrected chi connectivity index (χ1v) is 4.83. The lowest BCUT2D eigenvalue weighted by Gasteiger charge is -1.94. The summed E-state index contributed by atoms with van der Waals surface area (Å²) in [6.07, 6.45) is 0.710. The Labute approximate surface area is 89.1 Å². The predicted octanol–water partition coefficient (Wildman–Crippen LogP) is -0.0260. The highest BCUT2D eigenvalue weighted by Crippen LogP contribution is 1.82. The van der Waals surface area contributed by atoms with E-state index in [9.17, 15) is 0 Å². The summed E-state index contributed by atoms with van der Waals surface area (Å²) in [5, 5.41) is 25.1. The molecule has 0 aliphatic rings. The minimum absolute atomic E-state index is 0.212. The molecule has 0 amide bonds. The molecule has 0 bridgehead atoms. The number of halogens is 1. The summed E-state index contributed by atoms with van der Waals surface area (Å²) in [7, 11) is -1.34. The van der Waals surface area contributed by atoms with Gasteiger partial charge in [-0.2, -0.15) is 0 Å². The molecule has 0 heterocycles. The Bertz CT molecular complexity index is 217. The zero-order chi connectivity index (χ0) is 10.8. The summed E-state index contributed by atoms with van der Waals surface area (Å²) in [6, 6.07) is 8.66. The van der Waals surface area contributed by atoms with Crippen LogP contribution < -0.4 is 5.46 Å². The van der Waals surface area contributed by atoms with Gasteiger partial charge in [-0.1, -0.05) is 30.3 Å². The van der Waals surface area contributed by atoms with Crippen molar-refractivity contribution < 1.29 is 15.2 Å². The van der Waals surface area contributed by atoms with Gasteiger partial charge in [-0.3, -0.25) is 0 Å². The van der Waals surface area contributed by atoms with Gasteiger partial charge >= 0.3 is 7.12 Å². The van der Waals surface area contributed by atoms with Gasteiger partial charge in [-0.05, 0) is 11.9 Å². The molecule has 1 aromatic carbocycles. The Morgan fingerprint density at radius 3 is 1.93 bits per heavy atom. The molecule has 1 rings (SSSR count). The summed E-state index contributed by atoms with van der Waals surface area (Å²) in [5.74, 6) is 0.566. The summed E-state index contributed by atoms with van der Waals surface area (Å²) in [4.78, 5) is 0. The van der Waals surface area contributed by atoms with E-state index in [1.165, 1.54) is 0 Å². The normalized spacial score (nSPS) is 8.86. The van der Waals surface area contributed by atoms with Gasteiger partial charge in [0.1, 0.15) is 0 Å². The fraction of sp³-hybridized carbons (Fsp3) is 0.333. The van der Waals surface area contributed by atoms with Gasteiger partial charge in [0, 0.05) is 12.5 Å². The number of alkyl halides is 1. The molecule has 0 aliphatic carbocycles. The third-order valence-corrected chi connectivity index (χ3v) is 1.66. The van der Waals surface area contributed by atoms with Gasteiger partial charge in [0.05, 0.1) is 0 Å². The average molecular weight is 216 g/mol. The number of rotatable bonds is 3. The molecule has 0 saturated carbocycles. The molecular formula is C9H14BClO3. The molecule has 0 spiro atoms. The van der Waals surface area contributed by atoms with Crippen LogP contribution in [0.15, 0.2) is 30.3 Å². The summed E-state index contributed by atoms with van der Waals surface area (Å²) < 4.78 is 0. The molecular weight excluding hydrogens is 202 g/mol. The van der Waals surface area contributed by atoms with E-state index in [0.717, 1.165) is 0 Å². The van der Waals surface area contributed by atoms with Crippen molar-refractivity contribution in [2.45, 2.75) is 6.42 Å². The van der Waals surface area contributed by atoms with Crippen LogP contribution in [0.25, 0.3) is 0 Å². The summed E-state index contributed by atoms with van der Waals surface area (Å²) in [6.45, 7) is 0.212. The van der Waals surface area contributed by atoms with Crippen LogP contribution in [0.1, 0.15) is 6.42 Å². The maximum Gasteiger partial charge on any atom is 0.488 e.